The van der Waals surface area contributed by atoms with Crippen molar-refractivity contribution >= 4 is 11.9 Å². The monoisotopic (exact) mass is 262 g/mol. The first-order valence-corrected chi connectivity index (χ1v) is 4.86. The van der Waals surface area contributed by atoms with Crippen molar-refractivity contribution in [2.45, 2.75) is 13.3 Å². The van der Waals surface area contributed by atoms with Crippen molar-refractivity contribution in [2.24, 2.45) is 5.92 Å². The van der Waals surface area contributed by atoms with E-state index in [0.29, 0.717) is 0 Å². The summed E-state index contributed by atoms with van der Waals surface area (Å²) in [5.41, 5.74) is 0. The average Bonchev–Trinajstić information content (AvgIpc) is 2.27. The van der Waals surface area contributed by atoms with Crippen LogP contribution in [0.15, 0.2) is 30.3 Å². The van der Waals surface area contributed by atoms with E-state index in [9.17, 15) is 22.8 Å². The molecule has 1 aromatic rings. The summed E-state index contributed by atoms with van der Waals surface area (Å²) in [6.07, 6.45) is -5.11. The Morgan fingerprint density at radius 2 is 1.67 bits per heavy atom. The number of benzene rings is 1. The average molecular weight is 262 g/mol. The van der Waals surface area contributed by atoms with E-state index in [4.69, 9.17) is 4.74 Å². The molecule has 0 aliphatic carbocycles. The predicted molar refractivity (Wildman–Crippen MR) is 53.4 cm³/mol. The zero-order valence-corrected chi connectivity index (χ0v) is 9.23. The van der Waals surface area contributed by atoms with Gasteiger partial charge in [-0.2, -0.15) is 0 Å². The molecule has 0 aliphatic rings. The summed E-state index contributed by atoms with van der Waals surface area (Å²) in [4.78, 5) is 22.3. The molecule has 0 heterocycles. The Hall–Kier alpha value is -2.05. The van der Waals surface area contributed by atoms with Crippen molar-refractivity contribution in [1.29, 1.82) is 0 Å². The molecule has 0 saturated carbocycles. The third-order valence-electron chi connectivity index (χ3n) is 1.89. The lowest BCUT2D eigenvalue weighted by molar-refractivity contribution is -0.307. The first-order chi connectivity index (χ1) is 8.29. The Kier molecular flexibility index (Phi) is 4.30. The van der Waals surface area contributed by atoms with Crippen LogP contribution in [-0.2, 0) is 14.3 Å². The minimum Gasteiger partial charge on any atom is -0.426 e. The minimum absolute atomic E-state index is 0.133. The topological polar surface area (TPSA) is 52.6 Å². The normalized spacial score (nSPS) is 12.7. The molecule has 7 heteroatoms. The van der Waals surface area contributed by atoms with Crippen LogP contribution >= 0.6 is 0 Å². The van der Waals surface area contributed by atoms with E-state index in [0.717, 1.165) is 6.92 Å². The first-order valence-electron chi connectivity index (χ1n) is 4.86. The van der Waals surface area contributed by atoms with Gasteiger partial charge in [0, 0.05) is 0 Å². The number of rotatable bonds is 3. The van der Waals surface area contributed by atoms with Gasteiger partial charge >= 0.3 is 18.3 Å². The Bertz CT molecular complexity index is 428. The highest BCUT2D eigenvalue weighted by Gasteiger charge is 2.38. The van der Waals surface area contributed by atoms with Gasteiger partial charge in [0.2, 0.25) is 0 Å². The van der Waals surface area contributed by atoms with Gasteiger partial charge < -0.3 is 9.47 Å². The van der Waals surface area contributed by atoms with Crippen LogP contribution in [0.5, 0.6) is 5.75 Å². The summed E-state index contributed by atoms with van der Waals surface area (Å²) in [5, 5.41) is 0. The molecule has 1 aromatic carbocycles. The molecular formula is C11H9F3O4. The van der Waals surface area contributed by atoms with Crippen molar-refractivity contribution < 1.29 is 32.2 Å². The summed E-state index contributed by atoms with van der Waals surface area (Å²) in [6, 6.07) is 7.67. The summed E-state index contributed by atoms with van der Waals surface area (Å²) in [5.74, 6) is -4.35. The smallest absolute Gasteiger partial charge is 0.426 e. The highest BCUT2D eigenvalue weighted by atomic mass is 19.4. The van der Waals surface area contributed by atoms with Crippen LogP contribution in [-0.4, -0.2) is 18.3 Å². The minimum atomic E-state index is -5.11. The van der Waals surface area contributed by atoms with Crippen molar-refractivity contribution in [2.75, 3.05) is 0 Å². The highest BCUT2D eigenvalue weighted by molar-refractivity contribution is 5.95. The SMILES string of the molecule is CC(C(=O)Oc1ccccc1)C(=O)OC(F)(F)F. The Labute approximate surface area is 100 Å². The molecule has 0 amide bonds. The van der Waals surface area contributed by atoms with E-state index >= 15 is 0 Å². The van der Waals surface area contributed by atoms with Gasteiger partial charge in [-0.15, -0.1) is 13.2 Å². The predicted octanol–water partition coefficient (Wildman–Crippen LogP) is 2.29. The van der Waals surface area contributed by atoms with Crippen LogP contribution in [0.1, 0.15) is 6.92 Å². The Balaban J connectivity index is 2.59. The zero-order chi connectivity index (χ0) is 13.8. The summed E-state index contributed by atoms with van der Waals surface area (Å²) in [6.45, 7) is 0.972. The third kappa shape index (κ3) is 4.44. The largest absolute Gasteiger partial charge is 0.575 e. The molecule has 1 rings (SSSR count). The summed E-state index contributed by atoms with van der Waals surface area (Å²) < 4.78 is 43.1. The zero-order valence-electron chi connectivity index (χ0n) is 9.23. The van der Waals surface area contributed by atoms with Gasteiger partial charge in [0.1, 0.15) is 5.75 Å². The highest BCUT2D eigenvalue weighted by Crippen LogP contribution is 2.19. The fourth-order valence-corrected chi connectivity index (χ4v) is 0.992. The molecule has 0 saturated heterocycles. The maximum atomic E-state index is 11.8. The number of alkyl halides is 3. The number of hydrogen-bond acceptors (Lipinski definition) is 4. The number of carbonyl (C=O) groups excluding carboxylic acids is 2. The lowest BCUT2D eigenvalue weighted by Crippen LogP contribution is -2.31. The lowest BCUT2D eigenvalue weighted by Gasteiger charge is -2.12. The van der Waals surface area contributed by atoms with E-state index in [1.807, 2.05) is 0 Å². The molecule has 0 N–H and O–H groups in total. The molecule has 0 radical (unpaired) electrons. The van der Waals surface area contributed by atoms with Gasteiger partial charge in [-0.1, -0.05) is 18.2 Å². The number of carbonyl (C=O) groups is 2. The Morgan fingerprint density at radius 3 is 2.17 bits per heavy atom. The molecule has 0 aliphatic heterocycles. The fourth-order valence-electron chi connectivity index (χ4n) is 0.992. The number of halogens is 3. The standard InChI is InChI=1S/C11H9F3O4/c1-7(10(16)18-11(12,13)14)9(15)17-8-5-3-2-4-6-8/h2-7H,1H3. The molecule has 1 unspecified atom stereocenters. The van der Waals surface area contributed by atoms with Crippen molar-refractivity contribution in [1.82, 2.24) is 0 Å². The molecule has 4 nitrogen and oxygen atoms in total. The van der Waals surface area contributed by atoms with E-state index in [2.05, 4.69) is 4.74 Å². The second-order valence-corrected chi connectivity index (χ2v) is 3.32. The third-order valence-corrected chi connectivity index (χ3v) is 1.89. The number of hydrogen-bond donors (Lipinski definition) is 0. The van der Waals surface area contributed by atoms with Gasteiger partial charge in [-0.25, -0.2) is 0 Å². The van der Waals surface area contributed by atoms with Gasteiger partial charge in [0.05, 0.1) is 0 Å². The van der Waals surface area contributed by atoms with Gasteiger partial charge in [-0.3, -0.25) is 9.59 Å². The van der Waals surface area contributed by atoms with Crippen LogP contribution in [0, 0.1) is 5.92 Å². The number of ether oxygens (including phenoxy) is 2. The molecule has 0 aromatic heterocycles. The fraction of sp³-hybridized carbons (Fsp3) is 0.273. The van der Waals surface area contributed by atoms with E-state index < -0.39 is 24.2 Å². The van der Waals surface area contributed by atoms with Crippen molar-refractivity contribution in [3.63, 3.8) is 0 Å². The molecular weight excluding hydrogens is 253 g/mol. The second-order valence-electron chi connectivity index (χ2n) is 3.32. The van der Waals surface area contributed by atoms with Gasteiger partial charge in [0.15, 0.2) is 5.92 Å². The number of esters is 2. The maximum absolute atomic E-state index is 11.8. The van der Waals surface area contributed by atoms with E-state index in [1.165, 1.54) is 12.1 Å². The van der Waals surface area contributed by atoms with Crippen LogP contribution in [0.25, 0.3) is 0 Å². The Morgan fingerprint density at radius 1 is 1.11 bits per heavy atom. The molecule has 1 atom stereocenters. The molecule has 0 spiro atoms. The van der Waals surface area contributed by atoms with Gasteiger partial charge in [0.25, 0.3) is 0 Å². The molecule has 18 heavy (non-hydrogen) atoms. The second kappa shape index (κ2) is 5.52. The van der Waals surface area contributed by atoms with Gasteiger partial charge in [-0.05, 0) is 19.1 Å². The van der Waals surface area contributed by atoms with Crippen LogP contribution in [0.4, 0.5) is 13.2 Å². The molecule has 98 valence electrons. The van der Waals surface area contributed by atoms with E-state index in [1.54, 1.807) is 18.2 Å². The van der Waals surface area contributed by atoms with E-state index in [-0.39, 0.29) is 5.75 Å². The first kappa shape index (κ1) is 14.0. The maximum Gasteiger partial charge on any atom is 0.575 e. The number of para-hydroxylation sites is 1. The van der Waals surface area contributed by atoms with Crippen molar-refractivity contribution in [3.8, 4) is 5.75 Å². The molecule has 0 fully saturated rings. The van der Waals surface area contributed by atoms with Crippen LogP contribution in [0.2, 0.25) is 0 Å². The van der Waals surface area contributed by atoms with Crippen LogP contribution < -0.4 is 4.74 Å². The summed E-state index contributed by atoms with van der Waals surface area (Å²) >= 11 is 0. The quantitative estimate of drug-likeness (QED) is 0.476. The molecule has 0 bridgehead atoms. The summed E-state index contributed by atoms with van der Waals surface area (Å²) in [7, 11) is 0. The van der Waals surface area contributed by atoms with Crippen molar-refractivity contribution in [3.05, 3.63) is 30.3 Å². The van der Waals surface area contributed by atoms with Crippen LogP contribution in [0.3, 0.4) is 0 Å². The lowest BCUT2D eigenvalue weighted by atomic mass is 10.2.